The molecule has 1 amide bonds. The number of anilines is 2. The summed E-state index contributed by atoms with van der Waals surface area (Å²) in [6.07, 6.45) is 2.43. The Labute approximate surface area is 96.2 Å². The lowest BCUT2D eigenvalue weighted by Gasteiger charge is -2.22. The normalized spacial score (nSPS) is 18.6. The van der Waals surface area contributed by atoms with Crippen molar-refractivity contribution in [2.24, 2.45) is 0 Å². The summed E-state index contributed by atoms with van der Waals surface area (Å²) in [6, 6.07) is 6.06. The maximum absolute atomic E-state index is 12.0. The molecular weight excluding hydrogens is 200 g/mol. The molecule has 1 aliphatic rings. The number of nitrogens with zero attached hydrogens (tertiary/aromatic N) is 1. The summed E-state index contributed by atoms with van der Waals surface area (Å²) in [7, 11) is 0. The molecule has 1 heterocycles. The van der Waals surface area contributed by atoms with E-state index < -0.39 is 0 Å². The fraction of sp³-hybridized carbons (Fsp3) is 0.462. The van der Waals surface area contributed by atoms with Gasteiger partial charge >= 0.3 is 0 Å². The average molecular weight is 218 g/mol. The van der Waals surface area contributed by atoms with Crippen molar-refractivity contribution in [1.29, 1.82) is 0 Å². The molecule has 0 saturated heterocycles. The van der Waals surface area contributed by atoms with Crippen molar-refractivity contribution < 1.29 is 4.79 Å². The van der Waals surface area contributed by atoms with Gasteiger partial charge in [-0.15, -0.1) is 0 Å². The molecule has 2 rings (SSSR count). The van der Waals surface area contributed by atoms with Crippen LogP contribution in [0.25, 0.3) is 0 Å². The van der Waals surface area contributed by atoms with Crippen LogP contribution >= 0.6 is 0 Å². The van der Waals surface area contributed by atoms with Crippen molar-refractivity contribution in [2.75, 3.05) is 10.6 Å². The summed E-state index contributed by atoms with van der Waals surface area (Å²) >= 11 is 0. The van der Waals surface area contributed by atoms with Gasteiger partial charge in [-0.3, -0.25) is 4.79 Å². The third-order valence-electron chi connectivity index (χ3n) is 3.05. The lowest BCUT2D eigenvalue weighted by atomic mass is 10.1. The number of hydrogen-bond donors (Lipinski definition) is 1. The standard InChI is InChI=1S/C13H18N2O/c1-3-4-13(16)15-9(2)7-10-8-11(14)5-6-12(10)15/h5-6,8-9H,3-4,7,14H2,1-2H3. The molecule has 0 radical (unpaired) electrons. The molecule has 1 atom stereocenters. The number of fused-ring (bicyclic) bond motifs is 1. The molecule has 0 saturated carbocycles. The highest BCUT2D eigenvalue weighted by Gasteiger charge is 2.30. The Morgan fingerprint density at radius 1 is 1.56 bits per heavy atom. The van der Waals surface area contributed by atoms with E-state index >= 15 is 0 Å². The van der Waals surface area contributed by atoms with Crippen LogP contribution in [0, 0.1) is 0 Å². The number of amides is 1. The van der Waals surface area contributed by atoms with Gasteiger partial charge < -0.3 is 10.6 Å². The first-order valence-corrected chi connectivity index (χ1v) is 5.84. The number of nitrogens with two attached hydrogens (primary N) is 1. The molecule has 86 valence electrons. The van der Waals surface area contributed by atoms with E-state index in [1.165, 1.54) is 5.56 Å². The van der Waals surface area contributed by atoms with E-state index in [2.05, 4.69) is 6.92 Å². The number of rotatable bonds is 2. The van der Waals surface area contributed by atoms with Gasteiger partial charge in [-0.1, -0.05) is 6.92 Å². The minimum atomic E-state index is 0.221. The van der Waals surface area contributed by atoms with Crippen LogP contribution in [0.2, 0.25) is 0 Å². The van der Waals surface area contributed by atoms with E-state index in [1.807, 2.05) is 30.0 Å². The summed E-state index contributed by atoms with van der Waals surface area (Å²) in [5, 5.41) is 0. The average Bonchev–Trinajstić information content (AvgIpc) is 2.53. The quantitative estimate of drug-likeness (QED) is 0.774. The fourth-order valence-corrected chi connectivity index (χ4v) is 2.37. The van der Waals surface area contributed by atoms with Crippen LogP contribution in [-0.2, 0) is 11.2 Å². The Bertz CT molecular complexity index is 414. The smallest absolute Gasteiger partial charge is 0.227 e. The molecule has 0 bridgehead atoms. The van der Waals surface area contributed by atoms with Gasteiger partial charge in [0.05, 0.1) is 0 Å². The van der Waals surface area contributed by atoms with Crippen molar-refractivity contribution >= 4 is 17.3 Å². The molecule has 0 fully saturated rings. The maximum atomic E-state index is 12.0. The summed E-state index contributed by atoms with van der Waals surface area (Å²) < 4.78 is 0. The summed E-state index contributed by atoms with van der Waals surface area (Å²) in [5.74, 6) is 0.221. The Balaban J connectivity index is 2.32. The Morgan fingerprint density at radius 2 is 2.31 bits per heavy atom. The molecule has 1 aromatic carbocycles. The largest absolute Gasteiger partial charge is 0.399 e. The highest BCUT2D eigenvalue weighted by molar-refractivity contribution is 5.96. The summed E-state index contributed by atoms with van der Waals surface area (Å²) in [5.41, 5.74) is 8.76. The van der Waals surface area contributed by atoms with Crippen molar-refractivity contribution in [1.82, 2.24) is 0 Å². The highest BCUT2D eigenvalue weighted by atomic mass is 16.2. The van der Waals surface area contributed by atoms with E-state index in [-0.39, 0.29) is 11.9 Å². The van der Waals surface area contributed by atoms with Gasteiger partial charge in [0.1, 0.15) is 0 Å². The van der Waals surface area contributed by atoms with Crippen molar-refractivity contribution in [3.05, 3.63) is 23.8 Å². The predicted octanol–water partition coefficient (Wildman–Crippen LogP) is 2.35. The SMILES string of the molecule is CCCC(=O)N1c2ccc(N)cc2CC1C. The molecule has 0 spiro atoms. The molecule has 0 aromatic heterocycles. The van der Waals surface area contributed by atoms with Gasteiger partial charge in [0.2, 0.25) is 5.91 Å². The molecule has 1 unspecified atom stereocenters. The second-order valence-corrected chi connectivity index (χ2v) is 4.46. The second-order valence-electron chi connectivity index (χ2n) is 4.46. The van der Waals surface area contributed by atoms with Gasteiger partial charge in [-0.2, -0.15) is 0 Å². The van der Waals surface area contributed by atoms with E-state index in [9.17, 15) is 4.79 Å². The van der Waals surface area contributed by atoms with E-state index in [4.69, 9.17) is 5.73 Å². The minimum Gasteiger partial charge on any atom is -0.399 e. The van der Waals surface area contributed by atoms with Gasteiger partial charge in [0.25, 0.3) is 0 Å². The second kappa shape index (κ2) is 4.16. The molecular formula is C13H18N2O. The van der Waals surface area contributed by atoms with Crippen LogP contribution in [0.3, 0.4) is 0 Å². The summed E-state index contributed by atoms with van der Waals surface area (Å²) in [6.45, 7) is 4.12. The summed E-state index contributed by atoms with van der Waals surface area (Å²) in [4.78, 5) is 13.9. The molecule has 16 heavy (non-hydrogen) atoms. The molecule has 3 nitrogen and oxygen atoms in total. The fourth-order valence-electron chi connectivity index (χ4n) is 2.37. The van der Waals surface area contributed by atoms with Gasteiger partial charge in [-0.25, -0.2) is 0 Å². The van der Waals surface area contributed by atoms with E-state index in [1.54, 1.807) is 0 Å². The molecule has 1 aliphatic heterocycles. The zero-order valence-corrected chi connectivity index (χ0v) is 9.86. The predicted molar refractivity (Wildman–Crippen MR) is 66.4 cm³/mol. The van der Waals surface area contributed by atoms with Gasteiger partial charge in [-0.05, 0) is 43.5 Å². The van der Waals surface area contributed by atoms with Crippen LogP contribution in [0.15, 0.2) is 18.2 Å². The number of benzene rings is 1. The monoisotopic (exact) mass is 218 g/mol. The van der Waals surface area contributed by atoms with Gasteiger partial charge in [0.15, 0.2) is 0 Å². The number of nitrogen functional groups attached to an aromatic ring is 1. The number of carbonyl (C=O) groups is 1. The lowest BCUT2D eigenvalue weighted by Crippen LogP contribution is -2.35. The molecule has 3 heteroatoms. The van der Waals surface area contributed by atoms with Crippen LogP contribution in [0.1, 0.15) is 32.3 Å². The first kappa shape index (κ1) is 11.0. The molecule has 2 N–H and O–H groups in total. The van der Waals surface area contributed by atoms with Crippen LogP contribution in [0.5, 0.6) is 0 Å². The minimum absolute atomic E-state index is 0.221. The first-order valence-electron chi connectivity index (χ1n) is 5.84. The highest BCUT2D eigenvalue weighted by Crippen LogP contribution is 2.33. The Morgan fingerprint density at radius 3 is 3.00 bits per heavy atom. The van der Waals surface area contributed by atoms with Crippen LogP contribution in [-0.4, -0.2) is 11.9 Å². The van der Waals surface area contributed by atoms with Crippen molar-refractivity contribution in [3.8, 4) is 0 Å². The van der Waals surface area contributed by atoms with Gasteiger partial charge in [0, 0.05) is 23.8 Å². The van der Waals surface area contributed by atoms with Crippen LogP contribution < -0.4 is 10.6 Å². The third kappa shape index (κ3) is 1.77. The topological polar surface area (TPSA) is 46.3 Å². The third-order valence-corrected chi connectivity index (χ3v) is 3.05. The van der Waals surface area contributed by atoms with Crippen molar-refractivity contribution in [3.63, 3.8) is 0 Å². The Hall–Kier alpha value is -1.51. The number of hydrogen-bond acceptors (Lipinski definition) is 2. The zero-order chi connectivity index (χ0) is 11.7. The molecule has 0 aliphatic carbocycles. The number of carbonyl (C=O) groups excluding carboxylic acids is 1. The molecule has 1 aromatic rings. The first-order chi connectivity index (χ1) is 7.63. The zero-order valence-electron chi connectivity index (χ0n) is 9.86. The van der Waals surface area contributed by atoms with Crippen LogP contribution in [0.4, 0.5) is 11.4 Å². The van der Waals surface area contributed by atoms with E-state index in [0.717, 1.165) is 24.2 Å². The maximum Gasteiger partial charge on any atom is 0.227 e. The van der Waals surface area contributed by atoms with Crippen molar-refractivity contribution in [2.45, 2.75) is 39.2 Å². The lowest BCUT2D eigenvalue weighted by molar-refractivity contribution is -0.118. The Kier molecular flexibility index (Phi) is 2.86. The van der Waals surface area contributed by atoms with E-state index in [0.29, 0.717) is 6.42 Å².